The molecule has 0 spiro atoms. The maximum absolute atomic E-state index is 13.7. The molecule has 162 valence electrons. The van der Waals surface area contributed by atoms with Crippen LogP contribution >= 0.6 is 11.6 Å². The monoisotopic (exact) mass is 445 g/mol. The number of nitro groups is 1. The molecule has 0 bridgehead atoms. The predicted molar refractivity (Wildman–Crippen MR) is 111 cm³/mol. The van der Waals surface area contributed by atoms with Gasteiger partial charge in [-0.05, 0) is 36.2 Å². The second-order valence-electron chi connectivity index (χ2n) is 7.23. The number of halogens is 1. The van der Waals surface area contributed by atoms with Gasteiger partial charge < -0.3 is 9.47 Å². The molecule has 0 N–H and O–H groups in total. The number of methoxy groups -OCH3 is 2. The molecule has 1 aliphatic rings. The molecule has 0 aliphatic heterocycles. The zero-order valence-corrected chi connectivity index (χ0v) is 17.8. The van der Waals surface area contributed by atoms with Crippen molar-refractivity contribution in [3.05, 3.63) is 74.8 Å². The van der Waals surface area contributed by atoms with E-state index in [-0.39, 0.29) is 17.7 Å². The molecule has 3 rings (SSSR count). The van der Waals surface area contributed by atoms with Crippen molar-refractivity contribution in [3.8, 4) is 0 Å². The summed E-state index contributed by atoms with van der Waals surface area (Å²) in [5.41, 5.74) is -2.87. The van der Waals surface area contributed by atoms with Gasteiger partial charge >= 0.3 is 11.9 Å². The van der Waals surface area contributed by atoms with Gasteiger partial charge in [0.2, 0.25) is 0 Å². The Kier molecular flexibility index (Phi) is 5.87. The summed E-state index contributed by atoms with van der Waals surface area (Å²) in [5, 5.41) is 11.5. The van der Waals surface area contributed by atoms with Gasteiger partial charge in [-0.3, -0.25) is 24.5 Å². The Balaban J connectivity index is 2.24. The van der Waals surface area contributed by atoms with Gasteiger partial charge in [0.1, 0.15) is 0 Å². The quantitative estimate of drug-likeness (QED) is 0.208. The minimum absolute atomic E-state index is 0.125. The summed E-state index contributed by atoms with van der Waals surface area (Å²) in [5.74, 6) is -3.15. The number of nitro benzene ring substituents is 1. The van der Waals surface area contributed by atoms with Crippen LogP contribution in [0.15, 0.2) is 48.5 Å². The van der Waals surface area contributed by atoms with Crippen LogP contribution in [-0.4, -0.2) is 36.9 Å². The number of hydrogen-bond donors (Lipinski definition) is 0. The van der Waals surface area contributed by atoms with Crippen molar-refractivity contribution in [1.29, 1.82) is 0 Å². The Hall–Kier alpha value is -3.26. The smallest absolute Gasteiger partial charge is 0.324 e. The summed E-state index contributed by atoms with van der Waals surface area (Å²) in [6.07, 6.45) is 0.125. The van der Waals surface area contributed by atoms with Crippen molar-refractivity contribution >= 4 is 35.0 Å². The third-order valence-corrected chi connectivity index (χ3v) is 6.32. The van der Waals surface area contributed by atoms with E-state index in [1.807, 2.05) is 0 Å². The zero-order chi connectivity index (χ0) is 23.0. The van der Waals surface area contributed by atoms with Crippen LogP contribution in [0, 0.1) is 20.9 Å². The lowest BCUT2D eigenvalue weighted by Gasteiger charge is -2.20. The van der Waals surface area contributed by atoms with Crippen LogP contribution in [0.3, 0.4) is 0 Å². The van der Waals surface area contributed by atoms with E-state index >= 15 is 0 Å². The molecular weight excluding hydrogens is 426 g/mol. The fourth-order valence-corrected chi connectivity index (χ4v) is 4.80. The van der Waals surface area contributed by atoms with E-state index in [0.717, 1.165) is 14.2 Å². The fourth-order valence-electron chi connectivity index (χ4n) is 4.68. The molecule has 1 saturated carbocycles. The lowest BCUT2D eigenvalue weighted by Crippen LogP contribution is -2.37. The number of ketones is 1. The number of nitrogens with zero attached hydrogens (tertiary/aromatic N) is 1. The van der Waals surface area contributed by atoms with Gasteiger partial charge in [0.15, 0.2) is 11.2 Å². The predicted octanol–water partition coefficient (Wildman–Crippen LogP) is 3.96. The molecule has 1 aliphatic carbocycles. The van der Waals surface area contributed by atoms with Crippen molar-refractivity contribution in [1.82, 2.24) is 0 Å². The van der Waals surface area contributed by atoms with E-state index in [9.17, 15) is 24.5 Å². The van der Waals surface area contributed by atoms with E-state index < -0.39 is 39.4 Å². The number of ether oxygens (including phenoxy) is 2. The van der Waals surface area contributed by atoms with Gasteiger partial charge in [-0.1, -0.05) is 30.7 Å². The van der Waals surface area contributed by atoms with Crippen LogP contribution in [-0.2, 0) is 19.1 Å². The molecule has 31 heavy (non-hydrogen) atoms. The van der Waals surface area contributed by atoms with Gasteiger partial charge in [0.05, 0.1) is 24.6 Å². The number of rotatable bonds is 7. The van der Waals surface area contributed by atoms with Crippen molar-refractivity contribution in [2.24, 2.45) is 10.8 Å². The lowest BCUT2D eigenvalue weighted by molar-refractivity contribution is -0.384. The second kappa shape index (κ2) is 8.11. The lowest BCUT2D eigenvalue weighted by atomic mass is 9.83. The molecule has 0 amide bonds. The van der Waals surface area contributed by atoms with Crippen LogP contribution in [0.2, 0.25) is 5.02 Å². The Morgan fingerprint density at radius 1 is 1.00 bits per heavy atom. The number of non-ortho nitro benzene ring substituents is 1. The molecule has 0 heterocycles. The highest BCUT2D eigenvalue weighted by Crippen LogP contribution is 2.77. The summed E-state index contributed by atoms with van der Waals surface area (Å²) in [4.78, 5) is 50.2. The summed E-state index contributed by atoms with van der Waals surface area (Å²) >= 11 is 5.93. The molecule has 8 nitrogen and oxygen atoms in total. The van der Waals surface area contributed by atoms with Gasteiger partial charge in [-0.2, -0.15) is 0 Å². The molecule has 0 saturated heterocycles. The molecule has 0 radical (unpaired) electrons. The molecular formula is C22H20ClNO7. The van der Waals surface area contributed by atoms with Crippen LogP contribution in [0.1, 0.15) is 35.2 Å². The van der Waals surface area contributed by atoms with E-state index in [1.165, 1.54) is 36.4 Å². The number of esters is 2. The number of Topliss-reactive ketones (excluding diaryl/α,β-unsaturated/α-hetero) is 1. The molecule has 0 unspecified atom stereocenters. The normalized spacial score (nSPS) is 21.1. The van der Waals surface area contributed by atoms with Gasteiger partial charge in [-0.25, -0.2) is 0 Å². The van der Waals surface area contributed by atoms with Crippen LogP contribution in [0.5, 0.6) is 0 Å². The van der Waals surface area contributed by atoms with Gasteiger partial charge in [0.25, 0.3) is 5.69 Å². The zero-order valence-electron chi connectivity index (χ0n) is 17.1. The first-order valence-corrected chi connectivity index (χ1v) is 9.81. The fraction of sp³-hybridized carbons (Fsp3) is 0.318. The minimum Gasteiger partial charge on any atom is -0.468 e. The Morgan fingerprint density at radius 3 is 1.94 bits per heavy atom. The van der Waals surface area contributed by atoms with Gasteiger partial charge in [0, 0.05) is 28.6 Å². The number of carbonyl (C=O) groups is 3. The summed E-state index contributed by atoms with van der Waals surface area (Å²) in [7, 11) is 2.26. The summed E-state index contributed by atoms with van der Waals surface area (Å²) in [6, 6.07) is 11.5. The van der Waals surface area contributed by atoms with Crippen molar-refractivity contribution in [2.45, 2.75) is 19.3 Å². The molecule has 2 atom stereocenters. The van der Waals surface area contributed by atoms with Gasteiger partial charge in [-0.15, -0.1) is 0 Å². The number of benzene rings is 2. The largest absolute Gasteiger partial charge is 0.468 e. The third kappa shape index (κ3) is 3.09. The SMILES string of the molecule is CC[C@@]1(C(=O)c2ccc(Cl)cc2)[C@@H](c2ccc([N+](=O)[O-])cc2)C1(C(=O)OC)C(=O)OC. The van der Waals surface area contributed by atoms with Crippen LogP contribution in [0.25, 0.3) is 0 Å². The maximum atomic E-state index is 13.7. The highest BCUT2D eigenvalue weighted by molar-refractivity contribution is 6.30. The summed E-state index contributed by atoms with van der Waals surface area (Å²) < 4.78 is 9.91. The molecule has 9 heteroatoms. The average molecular weight is 446 g/mol. The first-order chi connectivity index (χ1) is 14.7. The van der Waals surface area contributed by atoms with E-state index in [1.54, 1.807) is 19.1 Å². The topological polar surface area (TPSA) is 113 Å². The van der Waals surface area contributed by atoms with E-state index in [4.69, 9.17) is 21.1 Å². The molecule has 2 aromatic carbocycles. The second-order valence-corrected chi connectivity index (χ2v) is 7.67. The molecule has 0 aromatic heterocycles. The average Bonchev–Trinajstić information content (AvgIpc) is 3.43. The van der Waals surface area contributed by atoms with E-state index in [0.29, 0.717) is 10.6 Å². The maximum Gasteiger partial charge on any atom is 0.324 e. The minimum atomic E-state index is -1.92. The standard InChI is InChI=1S/C22H20ClNO7/c1-4-21(18(25)14-5-9-15(23)10-6-14)17(13-7-11-16(12-8-13)24(28)29)22(21,19(26)30-2)20(27)31-3/h5-12,17H,4H2,1-3H3/t17-,21+/m1/s1. The van der Waals surface area contributed by atoms with Crippen LogP contribution < -0.4 is 0 Å². The van der Waals surface area contributed by atoms with Crippen molar-refractivity contribution in [3.63, 3.8) is 0 Å². The summed E-state index contributed by atoms with van der Waals surface area (Å²) in [6.45, 7) is 1.69. The highest BCUT2D eigenvalue weighted by atomic mass is 35.5. The molecule has 2 aromatic rings. The Morgan fingerprint density at radius 2 is 1.52 bits per heavy atom. The highest BCUT2D eigenvalue weighted by Gasteiger charge is 2.88. The first-order valence-electron chi connectivity index (χ1n) is 9.43. The number of hydrogen-bond acceptors (Lipinski definition) is 7. The molecule has 1 fully saturated rings. The Bertz CT molecular complexity index is 1030. The third-order valence-electron chi connectivity index (χ3n) is 6.07. The van der Waals surface area contributed by atoms with E-state index in [2.05, 4.69) is 0 Å². The number of carbonyl (C=O) groups excluding carboxylic acids is 3. The Labute approximate surface area is 183 Å². The first kappa shape index (κ1) is 22.4. The van der Waals surface area contributed by atoms with Crippen molar-refractivity contribution in [2.75, 3.05) is 14.2 Å². The van der Waals surface area contributed by atoms with Crippen LogP contribution in [0.4, 0.5) is 5.69 Å². The van der Waals surface area contributed by atoms with Crippen molar-refractivity contribution < 1.29 is 28.8 Å².